The predicted molar refractivity (Wildman–Crippen MR) is 55.1 cm³/mol. The van der Waals surface area contributed by atoms with Gasteiger partial charge in [-0.2, -0.15) is 0 Å². The Morgan fingerprint density at radius 1 is 1.69 bits per heavy atom. The third-order valence-corrected chi connectivity index (χ3v) is 2.20. The van der Waals surface area contributed by atoms with E-state index >= 15 is 0 Å². The van der Waals surface area contributed by atoms with Crippen molar-refractivity contribution in [3.05, 3.63) is 11.6 Å². The molecule has 0 saturated carbocycles. The lowest BCUT2D eigenvalue weighted by molar-refractivity contribution is 0.0118. The van der Waals surface area contributed by atoms with E-state index in [-0.39, 0.29) is 0 Å². The van der Waals surface area contributed by atoms with E-state index in [1.807, 2.05) is 6.08 Å². The van der Waals surface area contributed by atoms with E-state index in [4.69, 9.17) is 16.3 Å². The second-order valence-electron chi connectivity index (χ2n) is 3.28. The third kappa shape index (κ3) is 4.62. The van der Waals surface area contributed by atoms with Gasteiger partial charge in [-0.05, 0) is 7.05 Å². The van der Waals surface area contributed by atoms with Gasteiger partial charge in [-0.15, -0.1) is 0 Å². The van der Waals surface area contributed by atoms with Gasteiger partial charge in [0.2, 0.25) is 0 Å². The molecule has 4 heteroatoms. The van der Waals surface area contributed by atoms with Gasteiger partial charge < -0.3 is 15.0 Å². The average molecular weight is 205 g/mol. The van der Waals surface area contributed by atoms with Gasteiger partial charge in [-0.25, -0.2) is 0 Å². The van der Waals surface area contributed by atoms with Crippen LogP contribution in [0.2, 0.25) is 0 Å². The first-order valence-electron chi connectivity index (χ1n) is 4.59. The first-order valence-corrected chi connectivity index (χ1v) is 5.02. The number of rotatable bonds is 4. The molecule has 0 bridgehead atoms. The standard InChI is InChI=1S/C9H17ClN2O/c1-12(5-2-3-10)8-9-7-11-4-6-13-9/h2-3,9,11H,4-8H2,1H3/b3-2+. The summed E-state index contributed by atoms with van der Waals surface area (Å²) in [5.41, 5.74) is 1.55. The number of nitrogens with zero attached hydrogens (tertiary/aromatic N) is 1. The Bertz CT molecular complexity index is 158. The highest BCUT2D eigenvalue weighted by molar-refractivity contribution is 6.25. The van der Waals surface area contributed by atoms with Crippen LogP contribution in [-0.2, 0) is 4.74 Å². The van der Waals surface area contributed by atoms with E-state index in [0.29, 0.717) is 6.10 Å². The van der Waals surface area contributed by atoms with Gasteiger partial charge in [0, 0.05) is 31.7 Å². The van der Waals surface area contributed by atoms with Crippen molar-refractivity contribution >= 4 is 11.6 Å². The molecule has 13 heavy (non-hydrogen) atoms. The molecule has 0 spiro atoms. The number of ether oxygens (including phenoxy) is 1. The Hall–Kier alpha value is -0.0900. The topological polar surface area (TPSA) is 24.5 Å². The Balaban J connectivity index is 2.14. The van der Waals surface area contributed by atoms with Gasteiger partial charge in [0.15, 0.2) is 0 Å². The fourth-order valence-corrected chi connectivity index (χ4v) is 1.46. The molecule has 1 aliphatic heterocycles. The number of hydrogen-bond acceptors (Lipinski definition) is 3. The number of likely N-dealkylation sites (N-methyl/N-ethyl adjacent to an activating group) is 1. The molecule has 1 saturated heterocycles. The van der Waals surface area contributed by atoms with Crippen LogP contribution in [0.3, 0.4) is 0 Å². The number of morpholine rings is 1. The molecule has 1 unspecified atom stereocenters. The van der Waals surface area contributed by atoms with Crippen molar-refractivity contribution in [3.8, 4) is 0 Å². The lowest BCUT2D eigenvalue weighted by Gasteiger charge is -2.27. The van der Waals surface area contributed by atoms with Gasteiger partial charge in [0.05, 0.1) is 12.7 Å². The molecule has 0 amide bonds. The zero-order valence-corrected chi connectivity index (χ0v) is 8.76. The first-order chi connectivity index (χ1) is 6.33. The smallest absolute Gasteiger partial charge is 0.0826 e. The second-order valence-corrected chi connectivity index (χ2v) is 3.53. The van der Waals surface area contributed by atoms with Crippen LogP contribution >= 0.6 is 11.6 Å². The van der Waals surface area contributed by atoms with Crippen molar-refractivity contribution in [2.75, 3.05) is 39.8 Å². The van der Waals surface area contributed by atoms with Crippen LogP contribution in [0, 0.1) is 0 Å². The van der Waals surface area contributed by atoms with Crippen LogP contribution in [0.4, 0.5) is 0 Å². The number of nitrogens with one attached hydrogen (secondary N) is 1. The van der Waals surface area contributed by atoms with Crippen molar-refractivity contribution < 1.29 is 4.74 Å². The molecule has 1 heterocycles. The van der Waals surface area contributed by atoms with Gasteiger partial charge in [0.25, 0.3) is 0 Å². The molecule has 0 aromatic carbocycles. The summed E-state index contributed by atoms with van der Waals surface area (Å²) < 4.78 is 5.57. The summed E-state index contributed by atoms with van der Waals surface area (Å²) in [6, 6.07) is 0. The first kappa shape index (κ1) is 11.0. The summed E-state index contributed by atoms with van der Waals surface area (Å²) in [4.78, 5) is 2.19. The summed E-state index contributed by atoms with van der Waals surface area (Å²) in [7, 11) is 2.06. The normalized spacial score (nSPS) is 24.4. The van der Waals surface area contributed by atoms with Crippen molar-refractivity contribution in [2.24, 2.45) is 0 Å². The zero-order valence-electron chi connectivity index (χ0n) is 8.00. The minimum atomic E-state index is 0.322. The fourth-order valence-electron chi connectivity index (χ4n) is 1.38. The Kier molecular flexibility index (Phi) is 5.39. The number of halogens is 1. The van der Waals surface area contributed by atoms with E-state index in [9.17, 15) is 0 Å². The molecule has 0 aromatic rings. The van der Waals surface area contributed by atoms with E-state index in [1.54, 1.807) is 5.54 Å². The maximum Gasteiger partial charge on any atom is 0.0826 e. The molecule has 76 valence electrons. The lowest BCUT2D eigenvalue weighted by Crippen LogP contribution is -2.44. The predicted octanol–water partition coefficient (Wildman–Crippen LogP) is 0.659. The molecule has 0 radical (unpaired) electrons. The Morgan fingerprint density at radius 3 is 3.15 bits per heavy atom. The SMILES string of the molecule is CN(C/C=C/Cl)CC1CNCCO1. The van der Waals surface area contributed by atoms with Crippen LogP contribution in [0.5, 0.6) is 0 Å². The molecule has 1 atom stereocenters. The highest BCUT2D eigenvalue weighted by atomic mass is 35.5. The molecule has 1 aliphatic rings. The molecular weight excluding hydrogens is 188 g/mol. The van der Waals surface area contributed by atoms with Crippen molar-refractivity contribution in [3.63, 3.8) is 0 Å². The summed E-state index contributed by atoms with van der Waals surface area (Å²) in [6.45, 7) is 4.58. The molecule has 1 fully saturated rings. The third-order valence-electron chi connectivity index (χ3n) is 2.03. The molecule has 1 N–H and O–H groups in total. The van der Waals surface area contributed by atoms with Crippen LogP contribution < -0.4 is 5.32 Å². The maximum absolute atomic E-state index is 5.57. The van der Waals surface area contributed by atoms with Gasteiger partial charge >= 0.3 is 0 Å². The second kappa shape index (κ2) is 6.38. The molecule has 1 rings (SSSR count). The largest absolute Gasteiger partial charge is 0.374 e. The summed E-state index contributed by atoms with van der Waals surface area (Å²) in [5, 5.41) is 3.30. The summed E-state index contributed by atoms with van der Waals surface area (Å²) in [5.74, 6) is 0. The molecule has 0 aliphatic carbocycles. The average Bonchev–Trinajstić information content (AvgIpc) is 2.16. The van der Waals surface area contributed by atoms with Crippen LogP contribution in [0.25, 0.3) is 0 Å². The van der Waals surface area contributed by atoms with Crippen molar-refractivity contribution in [2.45, 2.75) is 6.10 Å². The Morgan fingerprint density at radius 2 is 2.54 bits per heavy atom. The monoisotopic (exact) mass is 204 g/mol. The van der Waals surface area contributed by atoms with Crippen LogP contribution in [0.15, 0.2) is 11.6 Å². The van der Waals surface area contributed by atoms with E-state index < -0.39 is 0 Å². The highest BCUT2D eigenvalue weighted by Crippen LogP contribution is 1.98. The van der Waals surface area contributed by atoms with E-state index in [0.717, 1.165) is 32.8 Å². The molecule has 3 nitrogen and oxygen atoms in total. The van der Waals surface area contributed by atoms with Gasteiger partial charge in [-0.3, -0.25) is 0 Å². The molecule has 0 aromatic heterocycles. The van der Waals surface area contributed by atoms with Crippen molar-refractivity contribution in [1.82, 2.24) is 10.2 Å². The summed E-state index contributed by atoms with van der Waals surface area (Å²) >= 11 is 5.44. The van der Waals surface area contributed by atoms with E-state index in [1.165, 1.54) is 0 Å². The van der Waals surface area contributed by atoms with Crippen molar-refractivity contribution in [1.29, 1.82) is 0 Å². The van der Waals surface area contributed by atoms with Crippen LogP contribution in [-0.4, -0.2) is 50.8 Å². The zero-order chi connectivity index (χ0) is 9.52. The lowest BCUT2D eigenvalue weighted by atomic mass is 10.3. The van der Waals surface area contributed by atoms with Gasteiger partial charge in [-0.1, -0.05) is 17.7 Å². The minimum Gasteiger partial charge on any atom is -0.374 e. The van der Waals surface area contributed by atoms with Gasteiger partial charge in [0.1, 0.15) is 0 Å². The molecular formula is C9H17ClN2O. The quantitative estimate of drug-likeness (QED) is 0.728. The Labute approximate surface area is 84.7 Å². The fraction of sp³-hybridized carbons (Fsp3) is 0.778. The maximum atomic E-state index is 5.57. The number of hydrogen-bond donors (Lipinski definition) is 1. The highest BCUT2D eigenvalue weighted by Gasteiger charge is 2.14. The minimum absolute atomic E-state index is 0.322. The van der Waals surface area contributed by atoms with E-state index in [2.05, 4.69) is 17.3 Å². The summed E-state index contributed by atoms with van der Waals surface area (Å²) in [6.07, 6.45) is 2.25. The van der Waals surface area contributed by atoms with Crippen LogP contribution in [0.1, 0.15) is 0 Å².